The minimum Gasteiger partial charge on any atom is -0.508 e. The van der Waals surface area contributed by atoms with Crippen LogP contribution in [0.1, 0.15) is 5.56 Å². The minimum absolute atomic E-state index is 0.0621. The van der Waals surface area contributed by atoms with Gasteiger partial charge in [0, 0.05) is 11.1 Å². The summed E-state index contributed by atoms with van der Waals surface area (Å²) in [6, 6.07) is 7.03. The van der Waals surface area contributed by atoms with Crippen LogP contribution in [0.3, 0.4) is 0 Å². The zero-order valence-electron chi connectivity index (χ0n) is 9.28. The highest BCUT2D eigenvalue weighted by molar-refractivity contribution is 7.99. The average Bonchev–Trinajstić information content (AvgIpc) is 2.33. The van der Waals surface area contributed by atoms with E-state index in [4.69, 9.17) is 16.7 Å². The van der Waals surface area contributed by atoms with Crippen LogP contribution in [0.2, 0.25) is 5.02 Å². The number of phenols is 1. The highest BCUT2D eigenvalue weighted by Crippen LogP contribution is 2.36. The van der Waals surface area contributed by atoms with Crippen molar-refractivity contribution in [2.24, 2.45) is 0 Å². The van der Waals surface area contributed by atoms with E-state index in [1.54, 1.807) is 12.1 Å². The summed E-state index contributed by atoms with van der Waals surface area (Å²) in [6.45, 7) is 0. The summed E-state index contributed by atoms with van der Waals surface area (Å²) in [7, 11) is 0. The molecule has 0 radical (unpaired) electrons. The molecule has 1 aromatic carbocycles. The van der Waals surface area contributed by atoms with Gasteiger partial charge in [-0.25, -0.2) is 4.98 Å². The van der Waals surface area contributed by atoms with Crippen LogP contribution in [0.4, 0.5) is 13.2 Å². The SMILES string of the molecule is Oc1ccc(Sc2ncc(C(F)(F)F)cc2Cl)cc1. The van der Waals surface area contributed by atoms with E-state index in [9.17, 15) is 13.2 Å². The Balaban J connectivity index is 2.24. The second kappa shape index (κ2) is 5.30. The van der Waals surface area contributed by atoms with Crippen LogP contribution in [-0.2, 0) is 6.18 Å². The van der Waals surface area contributed by atoms with E-state index >= 15 is 0 Å². The standard InChI is InChI=1S/C12H7ClF3NOS/c13-10-5-7(12(14,15)16)6-17-11(10)19-9-3-1-8(18)2-4-9/h1-6,18H. The van der Waals surface area contributed by atoms with Crippen molar-refractivity contribution in [2.45, 2.75) is 16.1 Å². The fourth-order valence-corrected chi connectivity index (χ4v) is 2.32. The number of alkyl halides is 3. The lowest BCUT2D eigenvalue weighted by molar-refractivity contribution is -0.137. The largest absolute Gasteiger partial charge is 0.508 e. The number of aromatic hydroxyl groups is 1. The Morgan fingerprint density at radius 2 is 1.79 bits per heavy atom. The molecule has 1 heterocycles. The second-order valence-electron chi connectivity index (χ2n) is 3.60. The lowest BCUT2D eigenvalue weighted by Gasteiger charge is -2.08. The first kappa shape index (κ1) is 14.0. The molecule has 0 unspecified atom stereocenters. The molecule has 100 valence electrons. The Bertz CT molecular complexity index is 587. The minimum atomic E-state index is -4.46. The molecule has 1 aromatic heterocycles. The zero-order chi connectivity index (χ0) is 14.0. The molecular formula is C12H7ClF3NOS. The number of rotatable bonds is 2. The van der Waals surface area contributed by atoms with Gasteiger partial charge in [-0.3, -0.25) is 0 Å². The van der Waals surface area contributed by atoms with Gasteiger partial charge in [-0.1, -0.05) is 23.4 Å². The van der Waals surface area contributed by atoms with Gasteiger partial charge in [-0.2, -0.15) is 13.2 Å². The summed E-state index contributed by atoms with van der Waals surface area (Å²) in [6.07, 6.45) is -3.72. The van der Waals surface area contributed by atoms with Crippen molar-refractivity contribution < 1.29 is 18.3 Å². The number of nitrogens with zero attached hydrogens (tertiary/aromatic N) is 1. The maximum atomic E-state index is 12.4. The number of hydrogen-bond acceptors (Lipinski definition) is 3. The van der Waals surface area contributed by atoms with Gasteiger partial charge in [0.15, 0.2) is 0 Å². The molecule has 0 aliphatic heterocycles. The monoisotopic (exact) mass is 305 g/mol. The van der Waals surface area contributed by atoms with E-state index in [2.05, 4.69) is 4.98 Å². The first-order valence-electron chi connectivity index (χ1n) is 5.06. The summed E-state index contributed by atoms with van der Waals surface area (Å²) in [5.41, 5.74) is -0.882. The Hall–Kier alpha value is -1.40. The van der Waals surface area contributed by atoms with Gasteiger partial charge in [0.25, 0.3) is 0 Å². The van der Waals surface area contributed by atoms with Gasteiger partial charge in [0.05, 0.1) is 10.6 Å². The van der Waals surface area contributed by atoms with E-state index in [1.807, 2.05) is 0 Å². The van der Waals surface area contributed by atoms with Crippen molar-refractivity contribution in [1.82, 2.24) is 4.98 Å². The maximum Gasteiger partial charge on any atom is 0.417 e. The van der Waals surface area contributed by atoms with Crippen molar-refractivity contribution in [3.05, 3.63) is 47.1 Å². The molecule has 2 rings (SSSR count). The average molecular weight is 306 g/mol. The molecule has 0 fully saturated rings. The van der Waals surface area contributed by atoms with E-state index in [1.165, 1.54) is 12.1 Å². The number of hydrogen-bond donors (Lipinski definition) is 1. The first-order valence-corrected chi connectivity index (χ1v) is 6.25. The molecular weight excluding hydrogens is 299 g/mol. The van der Waals surface area contributed by atoms with Gasteiger partial charge in [0.1, 0.15) is 10.8 Å². The van der Waals surface area contributed by atoms with Gasteiger partial charge < -0.3 is 5.11 Å². The van der Waals surface area contributed by atoms with Crippen molar-refractivity contribution >= 4 is 23.4 Å². The zero-order valence-corrected chi connectivity index (χ0v) is 10.9. The van der Waals surface area contributed by atoms with E-state index < -0.39 is 11.7 Å². The van der Waals surface area contributed by atoms with Crippen LogP contribution in [-0.4, -0.2) is 10.1 Å². The van der Waals surface area contributed by atoms with E-state index in [-0.39, 0.29) is 15.8 Å². The van der Waals surface area contributed by atoms with Crippen LogP contribution in [0.5, 0.6) is 5.75 Å². The van der Waals surface area contributed by atoms with E-state index in [0.717, 1.165) is 24.0 Å². The maximum absolute atomic E-state index is 12.4. The smallest absolute Gasteiger partial charge is 0.417 e. The highest BCUT2D eigenvalue weighted by Gasteiger charge is 2.31. The van der Waals surface area contributed by atoms with Crippen LogP contribution >= 0.6 is 23.4 Å². The fourth-order valence-electron chi connectivity index (χ4n) is 1.28. The third-order valence-corrected chi connectivity index (χ3v) is 3.61. The summed E-state index contributed by atoms with van der Waals surface area (Å²) in [4.78, 5) is 4.43. The third-order valence-electron chi connectivity index (χ3n) is 2.19. The summed E-state index contributed by atoms with van der Waals surface area (Å²) in [5.74, 6) is 0.107. The number of aromatic nitrogens is 1. The predicted octanol–water partition coefficient (Wildman–Crippen LogP) is 4.61. The Kier molecular flexibility index (Phi) is 3.91. The Morgan fingerprint density at radius 3 is 2.32 bits per heavy atom. The van der Waals surface area contributed by atoms with Crippen molar-refractivity contribution in [3.63, 3.8) is 0 Å². The van der Waals surface area contributed by atoms with Crippen molar-refractivity contribution in [1.29, 1.82) is 0 Å². The highest BCUT2D eigenvalue weighted by atomic mass is 35.5. The van der Waals surface area contributed by atoms with Gasteiger partial charge in [-0.15, -0.1) is 0 Å². The molecule has 7 heteroatoms. The molecule has 0 aliphatic rings. The van der Waals surface area contributed by atoms with Crippen LogP contribution in [0.25, 0.3) is 0 Å². The van der Waals surface area contributed by atoms with Gasteiger partial charge in [0.2, 0.25) is 0 Å². The number of pyridine rings is 1. The molecule has 0 atom stereocenters. The molecule has 0 spiro atoms. The quantitative estimate of drug-likeness (QED) is 0.879. The molecule has 0 bridgehead atoms. The van der Waals surface area contributed by atoms with Crippen LogP contribution < -0.4 is 0 Å². The molecule has 0 saturated heterocycles. The molecule has 2 nitrogen and oxygen atoms in total. The first-order chi connectivity index (χ1) is 8.86. The van der Waals surface area contributed by atoms with E-state index in [0.29, 0.717) is 4.90 Å². The normalized spacial score (nSPS) is 11.6. The number of benzene rings is 1. The second-order valence-corrected chi connectivity index (χ2v) is 5.07. The molecule has 0 saturated carbocycles. The fraction of sp³-hybridized carbons (Fsp3) is 0.0833. The van der Waals surface area contributed by atoms with Crippen molar-refractivity contribution in [2.75, 3.05) is 0 Å². The number of phenolic OH excluding ortho intramolecular Hbond substituents is 1. The summed E-state index contributed by atoms with van der Waals surface area (Å²) >= 11 is 6.90. The summed E-state index contributed by atoms with van der Waals surface area (Å²) in [5, 5.41) is 9.34. The molecule has 0 amide bonds. The molecule has 1 N–H and O–H groups in total. The molecule has 19 heavy (non-hydrogen) atoms. The predicted molar refractivity (Wildman–Crippen MR) is 66.5 cm³/mol. The Morgan fingerprint density at radius 1 is 1.16 bits per heavy atom. The molecule has 2 aromatic rings. The van der Waals surface area contributed by atoms with Gasteiger partial charge >= 0.3 is 6.18 Å². The summed E-state index contributed by atoms with van der Waals surface area (Å²) < 4.78 is 37.3. The van der Waals surface area contributed by atoms with Crippen molar-refractivity contribution in [3.8, 4) is 5.75 Å². The number of halogens is 4. The lowest BCUT2D eigenvalue weighted by atomic mass is 10.3. The lowest BCUT2D eigenvalue weighted by Crippen LogP contribution is -2.05. The topological polar surface area (TPSA) is 33.1 Å². The van der Waals surface area contributed by atoms with Gasteiger partial charge in [-0.05, 0) is 30.3 Å². The third kappa shape index (κ3) is 3.54. The Labute approximate surface area is 116 Å². The van der Waals surface area contributed by atoms with Crippen LogP contribution in [0.15, 0.2) is 46.5 Å². The van der Waals surface area contributed by atoms with Crippen LogP contribution in [0, 0.1) is 0 Å². The molecule has 0 aliphatic carbocycles.